The Morgan fingerprint density at radius 3 is 2.10 bits per heavy atom. The van der Waals surface area contributed by atoms with Crippen molar-refractivity contribution in [1.82, 2.24) is 0 Å². The summed E-state index contributed by atoms with van der Waals surface area (Å²) in [5, 5.41) is 0. The van der Waals surface area contributed by atoms with Crippen LogP contribution in [0, 0.1) is 0 Å². The molecule has 0 aliphatic carbocycles. The minimum atomic E-state index is 0.222. The van der Waals surface area contributed by atoms with Crippen molar-refractivity contribution in [1.29, 1.82) is 0 Å². The molecule has 20 heavy (non-hydrogen) atoms. The van der Waals surface area contributed by atoms with Crippen LogP contribution in [-0.2, 0) is 11.8 Å². The zero-order chi connectivity index (χ0) is 14.6. The topological polar surface area (TPSA) is 0 Å². The maximum absolute atomic E-state index is 2.27. The fourth-order valence-corrected chi connectivity index (χ4v) is 2.54. The zero-order valence-corrected chi connectivity index (χ0v) is 13.2. The second kappa shape index (κ2) is 6.26. The number of hydrogen-bond donors (Lipinski definition) is 0. The van der Waals surface area contributed by atoms with Crippen molar-refractivity contribution >= 4 is 0 Å². The molecule has 0 atom stereocenters. The zero-order valence-electron chi connectivity index (χ0n) is 13.2. The van der Waals surface area contributed by atoms with E-state index < -0.39 is 0 Å². The van der Waals surface area contributed by atoms with Crippen molar-refractivity contribution < 1.29 is 0 Å². The lowest BCUT2D eigenvalue weighted by molar-refractivity contribution is 0.590. The van der Waals surface area contributed by atoms with E-state index in [0.717, 1.165) is 0 Å². The van der Waals surface area contributed by atoms with Gasteiger partial charge in [-0.1, -0.05) is 82.6 Å². The molecule has 2 aromatic rings. The van der Waals surface area contributed by atoms with E-state index in [9.17, 15) is 0 Å². The average molecular weight is 266 g/mol. The van der Waals surface area contributed by atoms with Crippen LogP contribution in [0.25, 0.3) is 11.1 Å². The van der Waals surface area contributed by atoms with Gasteiger partial charge in [0, 0.05) is 0 Å². The quantitative estimate of drug-likeness (QED) is 0.637. The first-order valence-electron chi connectivity index (χ1n) is 7.71. The molecular weight excluding hydrogens is 240 g/mol. The molecule has 0 aliphatic rings. The molecule has 2 aromatic carbocycles. The van der Waals surface area contributed by atoms with Crippen molar-refractivity contribution in [3.8, 4) is 11.1 Å². The minimum Gasteiger partial charge on any atom is -0.0654 e. The lowest BCUT2D eigenvalue weighted by Crippen LogP contribution is -2.10. The second-order valence-corrected chi connectivity index (χ2v) is 6.59. The summed E-state index contributed by atoms with van der Waals surface area (Å²) in [5.74, 6) is 0. The van der Waals surface area contributed by atoms with Gasteiger partial charge in [0.05, 0.1) is 0 Å². The standard InChI is InChI=1S/C20H26/c1-5-6-9-16-10-7-8-11-19(16)17-12-14-18(15-13-17)20(2,3)4/h7-8,10-15H,5-6,9H2,1-4H3. The van der Waals surface area contributed by atoms with Crippen molar-refractivity contribution in [2.75, 3.05) is 0 Å². The Morgan fingerprint density at radius 2 is 1.50 bits per heavy atom. The van der Waals surface area contributed by atoms with Crippen molar-refractivity contribution in [2.24, 2.45) is 0 Å². The molecule has 106 valence electrons. The Balaban J connectivity index is 2.32. The Hall–Kier alpha value is -1.56. The summed E-state index contributed by atoms with van der Waals surface area (Å²) in [6.07, 6.45) is 3.68. The van der Waals surface area contributed by atoms with E-state index in [2.05, 4.69) is 76.2 Å². The van der Waals surface area contributed by atoms with Crippen molar-refractivity contribution in [2.45, 2.75) is 52.4 Å². The van der Waals surface area contributed by atoms with Crippen LogP contribution in [-0.4, -0.2) is 0 Å². The predicted octanol–water partition coefficient (Wildman–Crippen LogP) is 5.99. The van der Waals surface area contributed by atoms with Gasteiger partial charge in [-0.15, -0.1) is 0 Å². The normalized spacial score (nSPS) is 11.6. The first-order chi connectivity index (χ1) is 9.52. The van der Waals surface area contributed by atoms with Crippen LogP contribution in [0.4, 0.5) is 0 Å². The molecule has 0 spiro atoms. The molecule has 0 aromatic heterocycles. The fourth-order valence-electron chi connectivity index (χ4n) is 2.54. The highest BCUT2D eigenvalue weighted by atomic mass is 14.2. The summed E-state index contributed by atoms with van der Waals surface area (Å²) < 4.78 is 0. The van der Waals surface area contributed by atoms with Gasteiger partial charge in [-0.05, 0) is 40.5 Å². The van der Waals surface area contributed by atoms with E-state index in [1.807, 2.05) is 0 Å². The molecule has 0 fully saturated rings. The molecule has 0 saturated carbocycles. The van der Waals surface area contributed by atoms with Gasteiger partial charge in [-0.25, -0.2) is 0 Å². The smallest absolute Gasteiger partial charge is 0.0132 e. The van der Waals surface area contributed by atoms with Gasteiger partial charge in [0.1, 0.15) is 0 Å². The summed E-state index contributed by atoms with van der Waals surface area (Å²) in [4.78, 5) is 0. The van der Waals surface area contributed by atoms with Gasteiger partial charge in [-0.2, -0.15) is 0 Å². The Bertz CT molecular complexity index is 541. The van der Waals surface area contributed by atoms with E-state index in [0.29, 0.717) is 0 Å². The fraction of sp³-hybridized carbons (Fsp3) is 0.400. The Morgan fingerprint density at radius 1 is 0.850 bits per heavy atom. The van der Waals surface area contributed by atoms with Crippen LogP contribution in [0.2, 0.25) is 0 Å². The molecule has 0 radical (unpaired) electrons. The molecule has 0 N–H and O–H groups in total. The van der Waals surface area contributed by atoms with Crippen molar-refractivity contribution in [3.63, 3.8) is 0 Å². The highest BCUT2D eigenvalue weighted by Gasteiger charge is 2.13. The molecule has 0 heterocycles. The van der Waals surface area contributed by atoms with Gasteiger partial charge < -0.3 is 0 Å². The van der Waals surface area contributed by atoms with Gasteiger partial charge in [0.25, 0.3) is 0 Å². The SMILES string of the molecule is CCCCc1ccccc1-c1ccc(C(C)(C)C)cc1. The van der Waals surface area contributed by atoms with Crippen molar-refractivity contribution in [3.05, 3.63) is 59.7 Å². The van der Waals surface area contributed by atoms with E-state index in [-0.39, 0.29) is 5.41 Å². The third-order valence-electron chi connectivity index (χ3n) is 3.88. The number of unbranched alkanes of at least 4 members (excludes halogenated alkanes) is 1. The maximum atomic E-state index is 2.27. The minimum absolute atomic E-state index is 0.222. The summed E-state index contributed by atoms with van der Waals surface area (Å²) in [6.45, 7) is 9.03. The average Bonchev–Trinajstić information content (AvgIpc) is 2.45. The van der Waals surface area contributed by atoms with Crippen LogP contribution >= 0.6 is 0 Å². The van der Waals surface area contributed by atoms with E-state index >= 15 is 0 Å². The van der Waals surface area contributed by atoms with Gasteiger partial charge in [-0.3, -0.25) is 0 Å². The van der Waals surface area contributed by atoms with Crippen LogP contribution in [0.1, 0.15) is 51.7 Å². The number of hydrogen-bond acceptors (Lipinski definition) is 0. The lowest BCUT2D eigenvalue weighted by Gasteiger charge is -2.19. The van der Waals surface area contributed by atoms with Gasteiger partial charge in [0.15, 0.2) is 0 Å². The third kappa shape index (κ3) is 3.50. The molecule has 0 amide bonds. The van der Waals surface area contributed by atoms with Gasteiger partial charge >= 0.3 is 0 Å². The Kier molecular flexibility index (Phi) is 4.65. The summed E-state index contributed by atoms with van der Waals surface area (Å²) >= 11 is 0. The number of aryl methyl sites for hydroxylation is 1. The maximum Gasteiger partial charge on any atom is -0.0132 e. The highest BCUT2D eigenvalue weighted by Crippen LogP contribution is 2.28. The van der Waals surface area contributed by atoms with Crippen LogP contribution in [0.3, 0.4) is 0 Å². The molecule has 0 nitrogen and oxygen atoms in total. The van der Waals surface area contributed by atoms with Crippen LogP contribution < -0.4 is 0 Å². The molecule has 0 heteroatoms. The number of rotatable bonds is 4. The van der Waals surface area contributed by atoms with E-state index in [4.69, 9.17) is 0 Å². The lowest BCUT2D eigenvalue weighted by atomic mass is 9.86. The summed E-state index contributed by atoms with van der Waals surface area (Å²) in [6, 6.07) is 17.9. The monoisotopic (exact) mass is 266 g/mol. The van der Waals surface area contributed by atoms with E-state index in [1.54, 1.807) is 0 Å². The molecule has 0 aliphatic heterocycles. The molecule has 0 unspecified atom stereocenters. The largest absolute Gasteiger partial charge is 0.0654 e. The van der Waals surface area contributed by atoms with Crippen LogP contribution in [0.15, 0.2) is 48.5 Å². The predicted molar refractivity (Wildman–Crippen MR) is 89.2 cm³/mol. The third-order valence-corrected chi connectivity index (χ3v) is 3.88. The molecule has 2 rings (SSSR count). The second-order valence-electron chi connectivity index (χ2n) is 6.59. The summed E-state index contributed by atoms with van der Waals surface area (Å²) in [7, 11) is 0. The van der Waals surface area contributed by atoms with E-state index in [1.165, 1.54) is 41.5 Å². The van der Waals surface area contributed by atoms with Crippen LogP contribution in [0.5, 0.6) is 0 Å². The molecule has 0 saturated heterocycles. The highest BCUT2D eigenvalue weighted by molar-refractivity contribution is 5.67. The number of benzene rings is 2. The van der Waals surface area contributed by atoms with Gasteiger partial charge in [0.2, 0.25) is 0 Å². The molecular formula is C20H26. The Labute approximate surface area is 123 Å². The summed E-state index contributed by atoms with van der Waals surface area (Å²) in [5.41, 5.74) is 5.82. The molecule has 0 bridgehead atoms. The first-order valence-corrected chi connectivity index (χ1v) is 7.71. The first kappa shape index (κ1) is 14.8.